The highest BCUT2D eigenvalue weighted by atomic mass is 15.2. The quantitative estimate of drug-likeness (QED) is 0.141. The Morgan fingerprint density at radius 3 is 0.939 bits per heavy atom. The van der Waals surface area contributed by atoms with Crippen LogP contribution in [0.4, 0.5) is 68.2 Å². The summed E-state index contributed by atoms with van der Waals surface area (Å²) in [6.07, 6.45) is 0. The average molecular weight is 1260 g/mol. The van der Waals surface area contributed by atoms with Gasteiger partial charge in [0.1, 0.15) is 0 Å². The molecule has 8 heteroatoms. The fraction of sp³-hybridized carbons (Fsp3) is 0. The van der Waals surface area contributed by atoms with E-state index < -0.39 is 110 Å². The Bertz CT molecular complexity index is 6900. The lowest BCUT2D eigenvalue weighted by molar-refractivity contribution is 1.16. The highest BCUT2D eigenvalue weighted by Crippen LogP contribution is 2.54. The van der Waals surface area contributed by atoms with Gasteiger partial charge in [-0.3, -0.25) is 0 Å². The van der Waals surface area contributed by atoms with E-state index in [9.17, 15) is 16.4 Å². The van der Waals surface area contributed by atoms with E-state index in [1.165, 1.54) is 0 Å². The minimum absolute atomic E-state index is 0.0368. The summed E-state index contributed by atoms with van der Waals surface area (Å²) in [7, 11) is 0. The van der Waals surface area contributed by atoms with Crippen molar-refractivity contribution in [2.75, 3.05) is 19.6 Å². The van der Waals surface area contributed by atoms with Crippen molar-refractivity contribution >= 4 is 158 Å². The molecule has 15 aromatic carbocycles. The predicted molar refractivity (Wildman–Crippen MR) is 414 cm³/mol. The second kappa shape index (κ2) is 21.4. The SMILES string of the molecule is [2H]c1c([2H])c([2H])c2c(c1[2H])c1c([2H])c([2H])c([2H])c([2H])c1n2-c1cc2c3c(c1)N(c1ccccc1)c1cc4c(cc1B3c1ccccc1N2c1ccccc1)B1c2ccccc2N(c2ccccc2)c2cc(-n3c5c([2H])c([2H])c([2H])c([2H])c5c5c([2H])c([2H])c([2H])c([2H])c53)cc(c21)N4c1c(-c2ccccc2)cccc1-c1ccccc1. The van der Waals surface area contributed by atoms with Crippen molar-refractivity contribution in [3.8, 4) is 33.6 Å². The highest BCUT2D eigenvalue weighted by molar-refractivity contribution is 7.03. The Balaban J connectivity index is 0.960. The van der Waals surface area contributed by atoms with E-state index in [1.54, 1.807) is 9.13 Å². The van der Waals surface area contributed by atoms with Crippen LogP contribution in [0.3, 0.4) is 0 Å². The third-order valence-electron chi connectivity index (χ3n) is 20.1. The summed E-state index contributed by atoms with van der Waals surface area (Å²) in [6.45, 7) is -1.20. The van der Waals surface area contributed by atoms with E-state index in [1.807, 2.05) is 164 Å². The van der Waals surface area contributed by atoms with Crippen molar-refractivity contribution in [2.45, 2.75) is 0 Å². The Kier molecular flexibility index (Phi) is 8.97. The molecule has 98 heavy (non-hydrogen) atoms. The first-order chi connectivity index (χ1) is 55.3. The zero-order valence-electron chi connectivity index (χ0n) is 68.1. The van der Waals surface area contributed by atoms with Crippen LogP contribution in [0.15, 0.2) is 351 Å². The van der Waals surface area contributed by atoms with Crippen LogP contribution < -0.4 is 52.4 Å². The highest BCUT2D eigenvalue weighted by Gasteiger charge is 2.49. The lowest BCUT2D eigenvalue weighted by Gasteiger charge is -2.48. The molecule has 0 atom stereocenters. The summed E-state index contributed by atoms with van der Waals surface area (Å²) in [4.78, 5) is 8.97. The van der Waals surface area contributed by atoms with Gasteiger partial charge in [0.25, 0.3) is 13.4 Å². The summed E-state index contributed by atoms with van der Waals surface area (Å²) in [5.74, 6) is 0. The van der Waals surface area contributed by atoms with Gasteiger partial charge in [-0.25, -0.2) is 0 Å². The molecular weight excluding hydrogens is 1190 g/mol. The molecule has 0 saturated carbocycles. The summed E-state index contributed by atoms with van der Waals surface area (Å²) in [5, 5.41) is -0.254. The summed E-state index contributed by atoms with van der Waals surface area (Å²) in [5.41, 5.74) is 18.1. The molecule has 17 aromatic rings. The first kappa shape index (κ1) is 41.1. The maximum absolute atomic E-state index is 9.97. The van der Waals surface area contributed by atoms with Gasteiger partial charge < -0.3 is 28.7 Å². The first-order valence-electron chi connectivity index (χ1n) is 40.7. The van der Waals surface area contributed by atoms with Crippen molar-refractivity contribution in [3.05, 3.63) is 351 Å². The number of aromatic nitrogens is 2. The van der Waals surface area contributed by atoms with Gasteiger partial charge in [-0.2, -0.15) is 0 Å². The molecule has 0 amide bonds. The molecule has 2 aromatic heterocycles. The smallest absolute Gasteiger partial charge is 0.252 e. The van der Waals surface area contributed by atoms with E-state index in [-0.39, 0.29) is 43.6 Å². The Hall–Kier alpha value is -12.8. The fourth-order valence-electron chi connectivity index (χ4n) is 16.3. The number of fused-ring (bicyclic) bond motifs is 14. The third-order valence-corrected chi connectivity index (χ3v) is 20.1. The van der Waals surface area contributed by atoms with Crippen molar-refractivity contribution in [1.29, 1.82) is 0 Å². The molecule has 454 valence electrons. The lowest BCUT2D eigenvalue weighted by atomic mass is 9.30. The van der Waals surface area contributed by atoms with Gasteiger partial charge in [0.05, 0.1) is 61.1 Å². The van der Waals surface area contributed by atoms with Gasteiger partial charge in [-0.1, -0.05) is 248 Å². The molecule has 6 heterocycles. The van der Waals surface area contributed by atoms with Gasteiger partial charge >= 0.3 is 0 Å². The van der Waals surface area contributed by atoms with Crippen LogP contribution in [0.25, 0.3) is 77.2 Å². The topological polar surface area (TPSA) is 22.8 Å². The number of hydrogen-bond donors (Lipinski definition) is 0. The number of nitrogens with zero attached hydrogens (tertiary/aromatic N) is 6. The molecule has 0 N–H and O–H groups in total. The van der Waals surface area contributed by atoms with E-state index >= 15 is 0 Å². The molecular formula is C90H58B2N6. The minimum atomic E-state index is -0.615. The van der Waals surface area contributed by atoms with Gasteiger partial charge in [-0.15, -0.1) is 0 Å². The third kappa shape index (κ3) is 7.88. The van der Waals surface area contributed by atoms with Crippen LogP contribution in [0.1, 0.15) is 21.9 Å². The van der Waals surface area contributed by atoms with E-state index in [4.69, 9.17) is 5.48 Å². The monoisotopic (exact) mass is 1260 g/mol. The number of benzene rings is 15. The summed E-state index contributed by atoms with van der Waals surface area (Å²) < 4.78 is 155. The molecule has 0 unspecified atom stereocenters. The molecule has 0 aliphatic carbocycles. The maximum Gasteiger partial charge on any atom is 0.252 e. The second-order valence-corrected chi connectivity index (χ2v) is 25.1. The van der Waals surface area contributed by atoms with Gasteiger partial charge in [0, 0.05) is 95.2 Å². The van der Waals surface area contributed by atoms with Crippen molar-refractivity contribution in [2.24, 2.45) is 0 Å². The molecule has 6 nitrogen and oxygen atoms in total. The number of hydrogen-bond acceptors (Lipinski definition) is 4. The van der Waals surface area contributed by atoms with Crippen LogP contribution in [0, 0.1) is 0 Å². The fourth-order valence-corrected chi connectivity index (χ4v) is 16.3. The molecule has 0 spiro atoms. The zero-order chi connectivity index (χ0) is 78.0. The minimum Gasteiger partial charge on any atom is -0.311 e. The van der Waals surface area contributed by atoms with Crippen molar-refractivity contribution in [3.63, 3.8) is 0 Å². The average Bonchev–Trinajstić information content (AvgIpc) is 0.721. The predicted octanol–water partition coefficient (Wildman–Crippen LogP) is 19.4. The molecule has 0 radical (unpaired) electrons. The number of para-hydroxylation sites is 10. The zero-order valence-corrected chi connectivity index (χ0v) is 52.1. The molecule has 0 fully saturated rings. The van der Waals surface area contributed by atoms with Crippen LogP contribution in [-0.2, 0) is 0 Å². The van der Waals surface area contributed by atoms with Crippen molar-refractivity contribution < 1.29 is 21.9 Å². The van der Waals surface area contributed by atoms with Gasteiger partial charge in [0.15, 0.2) is 0 Å². The maximum atomic E-state index is 9.97. The van der Waals surface area contributed by atoms with Crippen LogP contribution in [0.5, 0.6) is 0 Å². The lowest BCUT2D eigenvalue weighted by Crippen LogP contribution is -2.65. The second-order valence-electron chi connectivity index (χ2n) is 25.1. The van der Waals surface area contributed by atoms with E-state index in [2.05, 4.69) is 111 Å². The van der Waals surface area contributed by atoms with E-state index in [0.717, 1.165) is 94.8 Å². The molecule has 0 bridgehead atoms. The summed E-state index contributed by atoms with van der Waals surface area (Å²) >= 11 is 0. The van der Waals surface area contributed by atoms with Crippen LogP contribution in [-0.4, -0.2) is 22.6 Å². The Labute approximate surface area is 591 Å². The Morgan fingerprint density at radius 2 is 0.551 bits per heavy atom. The van der Waals surface area contributed by atoms with Gasteiger partial charge in [0.2, 0.25) is 0 Å². The molecule has 4 aliphatic heterocycles. The Morgan fingerprint density at radius 1 is 0.235 bits per heavy atom. The molecule has 0 saturated heterocycles. The first-order valence-corrected chi connectivity index (χ1v) is 32.7. The van der Waals surface area contributed by atoms with Crippen molar-refractivity contribution in [1.82, 2.24) is 9.13 Å². The number of rotatable bonds is 8. The van der Waals surface area contributed by atoms with E-state index in [0.29, 0.717) is 39.8 Å². The summed E-state index contributed by atoms with van der Waals surface area (Å²) in [6, 6.07) is 77.9. The van der Waals surface area contributed by atoms with Crippen LogP contribution >= 0.6 is 0 Å². The normalized spacial score (nSPS) is 15.5. The largest absolute Gasteiger partial charge is 0.311 e. The standard InChI is InChI=1S/C90H58B2N6/c1-6-29-59(30-7-1)66-43-28-44-67(60-31-8-2-9-32-60)90(66)98-83-58-82-74(57-75(83)92-73-46-21-27-52-81(73)94(62-35-12-4-13-36-62)85-54-65(56-87(98)89(85)92)97-78-49-24-18-41-70(78)71-42-19-25-50-79(71)97)91-72-45-20-26-51-80(72)93(61-33-10-3-11-34-61)84-53-64(55-86(88(84)91)95(82)63-37-14-5-15-38-63)96-76-47-22-16-39-68(76)69-40-17-23-48-77(69)96/h1-58H/i16D,17D,18D,19D,22D,23D,24D,25D,39D,40D,41D,42D,47D,48D,49D,50D. The molecule has 4 aliphatic rings. The molecule has 21 rings (SSSR count). The van der Waals surface area contributed by atoms with Gasteiger partial charge in [-0.05, 0) is 147 Å². The van der Waals surface area contributed by atoms with Crippen LogP contribution in [0.2, 0.25) is 0 Å². The number of anilines is 12.